The van der Waals surface area contributed by atoms with Gasteiger partial charge in [-0.05, 0) is 57.9 Å². The van der Waals surface area contributed by atoms with Crippen LogP contribution in [0.2, 0.25) is 10.0 Å². The van der Waals surface area contributed by atoms with Gasteiger partial charge in [0, 0.05) is 35.4 Å². The quantitative estimate of drug-likeness (QED) is 0.357. The second-order valence-electron chi connectivity index (χ2n) is 8.40. The number of aryl methyl sites for hydroxylation is 2. The summed E-state index contributed by atoms with van der Waals surface area (Å²) in [7, 11) is 0. The lowest BCUT2D eigenvalue weighted by Gasteiger charge is -2.19. The van der Waals surface area contributed by atoms with Gasteiger partial charge in [-0.3, -0.25) is 14.2 Å². The Kier molecular flexibility index (Phi) is 7.85. The number of benzene rings is 1. The number of rotatable bonds is 9. The Balaban J connectivity index is 1.86. The van der Waals surface area contributed by atoms with Crippen LogP contribution in [-0.2, 0) is 29.0 Å². The average Bonchev–Trinajstić information content (AvgIpc) is 3.29. The number of carbonyl (C=O) groups is 1. The lowest BCUT2D eigenvalue weighted by atomic mass is 10.2. The van der Waals surface area contributed by atoms with Crippen molar-refractivity contribution in [3.63, 3.8) is 0 Å². The number of aromatic nitrogens is 4. The summed E-state index contributed by atoms with van der Waals surface area (Å²) in [5, 5.41) is 10.1. The van der Waals surface area contributed by atoms with Gasteiger partial charge in [0.1, 0.15) is 22.7 Å². The maximum absolute atomic E-state index is 12.1. The van der Waals surface area contributed by atoms with E-state index in [1.54, 1.807) is 29.1 Å². The molecule has 7 nitrogen and oxygen atoms in total. The van der Waals surface area contributed by atoms with Crippen LogP contribution >= 0.6 is 23.2 Å². The fraction of sp³-hybridized carbons (Fsp3) is 0.435. The van der Waals surface area contributed by atoms with Crippen molar-refractivity contribution in [3.8, 4) is 11.5 Å². The predicted molar refractivity (Wildman–Crippen MR) is 125 cm³/mol. The number of ether oxygens (including phenoxy) is 2. The van der Waals surface area contributed by atoms with Gasteiger partial charge in [-0.25, -0.2) is 0 Å². The van der Waals surface area contributed by atoms with Crippen LogP contribution in [0.3, 0.4) is 0 Å². The van der Waals surface area contributed by atoms with Gasteiger partial charge in [0.2, 0.25) is 0 Å². The van der Waals surface area contributed by atoms with Gasteiger partial charge in [-0.2, -0.15) is 10.2 Å². The molecule has 0 aliphatic carbocycles. The molecule has 0 bridgehead atoms. The van der Waals surface area contributed by atoms with Gasteiger partial charge in [0.25, 0.3) is 0 Å². The van der Waals surface area contributed by atoms with Crippen LogP contribution in [0.25, 0.3) is 0 Å². The van der Waals surface area contributed by atoms with E-state index in [9.17, 15) is 4.79 Å². The molecule has 0 saturated heterocycles. The lowest BCUT2D eigenvalue weighted by molar-refractivity contribution is -0.154. The maximum atomic E-state index is 12.1. The molecule has 0 unspecified atom stereocenters. The number of nitrogens with zero attached hydrogens (tertiary/aromatic N) is 4. The Morgan fingerprint density at radius 1 is 1.16 bits per heavy atom. The lowest BCUT2D eigenvalue weighted by Crippen LogP contribution is -2.24. The molecule has 9 heteroatoms. The van der Waals surface area contributed by atoms with E-state index in [4.69, 9.17) is 37.8 Å². The number of esters is 1. The number of halogens is 2. The summed E-state index contributed by atoms with van der Waals surface area (Å²) in [4.78, 5) is 12.1. The van der Waals surface area contributed by atoms with Crippen molar-refractivity contribution in [2.75, 3.05) is 0 Å². The van der Waals surface area contributed by atoms with Crippen molar-refractivity contribution >= 4 is 29.2 Å². The monoisotopic (exact) mass is 478 g/mol. The van der Waals surface area contributed by atoms with Gasteiger partial charge in [0.15, 0.2) is 5.75 Å². The van der Waals surface area contributed by atoms with Crippen LogP contribution in [0.15, 0.2) is 36.7 Å². The van der Waals surface area contributed by atoms with E-state index in [0.717, 1.165) is 11.4 Å². The molecule has 3 rings (SSSR count). The smallest absolute Gasteiger partial charge is 0.306 e. The summed E-state index contributed by atoms with van der Waals surface area (Å²) in [5.74, 6) is 0.963. The van der Waals surface area contributed by atoms with Crippen LogP contribution in [0, 0.1) is 0 Å². The minimum Gasteiger partial charge on any atom is -0.460 e. The van der Waals surface area contributed by atoms with E-state index >= 15 is 0 Å². The molecule has 0 fully saturated rings. The van der Waals surface area contributed by atoms with Gasteiger partial charge in [-0.1, -0.05) is 30.1 Å². The largest absolute Gasteiger partial charge is 0.460 e. The molecule has 0 spiro atoms. The molecule has 2 heterocycles. The molecule has 0 radical (unpaired) electrons. The van der Waals surface area contributed by atoms with Gasteiger partial charge in [-0.15, -0.1) is 0 Å². The van der Waals surface area contributed by atoms with Crippen molar-refractivity contribution in [2.45, 2.75) is 65.6 Å². The fourth-order valence-electron chi connectivity index (χ4n) is 3.24. The van der Waals surface area contributed by atoms with Gasteiger partial charge >= 0.3 is 5.97 Å². The van der Waals surface area contributed by atoms with Crippen molar-refractivity contribution in [3.05, 3.63) is 58.1 Å². The SMILES string of the molecule is CCc1nn(CCCC(=O)OC(C)(C)C)c(Cn2cccn2)c1Oc1cc(Cl)cc(Cl)c1. The normalized spacial score (nSPS) is 11.6. The first kappa shape index (κ1) is 24.1. The highest BCUT2D eigenvalue weighted by molar-refractivity contribution is 6.34. The Hall–Kier alpha value is -2.51. The van der Waals surface area contributed by atoms with Crippen LogP contribution < -0.4 is 4.74 Å². The molecule has 0 amide bonds. The number of hydrogen-bond donors (Lipinski definition) is 0. The van der Waals surface area contributed by atoms with E-state index in [0.29, 0.717) is 53.9 Å². The zero-order valence-corrected chi connectivity index (χ0v) is 20.3. The van der Waals surface area contributed by atoms with Crippen molar-refractivity contribution in [2.24, 2.45) is 0 Å². The fourth-order valence-corrected chi connectivity index (χ4v) is 3.75. The Morgan fingerprint density at radius 3 is 2.47 bits per heavy atom. The minimum atomic E-state index is -0.497. The molecule has 3 aromatic rings. The third-order valence-corrected chi connectivity index (χ3v) is 4.95. The van der Waals surface area contributed by atoms with E-state index in [1.807, 2.05) is 44.6 Å². The molecular formula is C23H28Cl2N4O3. The maximum Gasteiger partial charge on any atom is 0.306 e. The van der Waals surface area contributed by atoms with E-state index in [1.165, 1.54) is 0 Å². The third-order valence-electron chi connectivity index (χ3n) is 4.51. The number of hydrogen-bond acceptors (Lipinski definition) is 5. The zero-order chi connectivity index (χ0) is 23.3. The molecule has 0 N–H and O–H groups in total. The van der Waals surface area contributed by atoms with Gasteiger partial charge in [0.05, 0.1) is 6.54 Å². The van der Waals surface area contributed by atoms with Crippen molar-refractivity contribution in [1.29, 1.82) is 0 Å². The molecule has 1 aromatic carbocycles. The summed E-state index contributed by atoms with van der Waals surface area (Å²) < 4.78 is 15.3. The van der Waals surface area contributed by atoms with Crippen LogP contribution in [0.5, 0.6) is 11.5 Å². The summed E-state index contributed by atoms with van der Waals surface area (Å²) in [6.45, 7) is 8.61. The first-order valence-electron chi connectivity index (χ1n) is 10.6. The van der Waals surface area contributed by atoms with E-state index in [-0.39, 0.29) is 5.97 Å². The molecule has 0 atom stereocenters. The minimum absolute atomic E-state index is 0.223. The molecule has 172 valence electrons. The second-order valence-corrected chi connectivity index (χ2v) is 9.27. The van der Waals surface area contributed by atoms with E-state index < -0.39 is 5.60 Å². The first-order valence-corrected chi connectivity index (χ1v) is 11.3. The molecule has 32 heavy (non-hydrogen) atoms. The summed E-state index contributed by atoms with van der Waals surface area (Å²) in [6, 6.07) is 6.94. The Bertz CT molecular complexity index is 1040. The molecule has 0 aliphatic rings. The summed E-state index contributed by atoms with van der Waals surface area (Å²) in [6.07, 6.45) is 5.17. The molecule has 0 aliphatic heterocycles. The molecule has 0 saturated carbocycles. The highest BCUT2D eigenvalue weighted by atomic mass is 35.5. The molecular weight excluding hydrogens is 451 g/mol. The topological polar surface area (TPSA) is 71.2 Å². The van der Waals surface area contributed by atoms with Gasteiger partial charge < -0.3 is 9.47 Å². The van der Waals surface area contributed by atoms with Crippen molar-refractivity contribution < 1.29 is 14.3 Å². The third kappa shape index (κ3) is 6.74. The second kappa shape index (κ2) is 10.4. The summed E-state index contributed by atoms with van der Waals surface area (Å²) in [5.41, 5.74) is 1.16. The summed E-state index contributed by atoms with van der Waals surface area (Å²) >= 11 is 12.3. The van der Waals surface area contributed by atoms with E-state index in [2.05, 4.69) is 5.10 Å². The van der Waals surface area contributed by atoms with Crippen LogP contribution in [0.4, 0.5) is 0 Å². The standard InChI is InChI=1S/C23H28Cl2N4O3/c1-5-19-22(31-18-13-16(24)12-17(25)14-18)20(15-28-10-7-9-26-28)29(27-19)11-6-8-21(30)32-23(2,3)4/h7,9-10,12-14H,5-6,8,11,15H2,1-4H3. The van der Waals surface area contributed by atoms with Crippen LogP contribution in [0.1, 0.15) is 51.9 Å². The zero-order valence-electron chi connectivity index (χ0n) is 18.8. The Morgan fingerprint density at radius 2 is 1.88 bits per heavy atom. The highest BCUT2D eigenvalue weighted by Gasteiger charge is 2.21. The first-order chi connectivity index (χ1) is 15.1. The van der Waals surface area contributed by atoms with Crippen molar-refractivity contribution in [1.82, 2.24) is 19.6 Å². The Labute approximate surface area is 198 Å². The molecule has 2 aromatic heterocycles. The highest BCUT2D eigenvalue weighted by Crippen LogP contribution is 2.33. The average molecular weight is 479 g/mol. The number of carbonyl (C=O) groups excluding carboxylic acids is 1. The van der Waals surface area contributed by atoms with Crippen LogP contribution in [-0.4, -0.2) is 31.1 Å². The predicted octanol–water partition coefficient (Wildman–Crippen LogP) is 5.91.